The molecule has 20 heavy (non-hydrogen) atoms. The number of fused-ring (bicyclic) bond motifs is 1. The van der Waals surface area contributed by atoms with Crippen molar-refractivity contribution in [3.05, 3.63) is 29.8 Å². The average molecular weight is 275 g/mol. The van der Waals surface area contributed by atoms with E-state index in [-0.39, 0.29) is 0 Å². The van der Waals surface area contributed by atoms with Gasteiger partial charge in [-0.25, -0.2) is 0 Å². The summed E-state index contributed by atoms with van der Waals surface area (Å²) in [5, 5.41) is 3.62. The molecule has 1 aliphatic heterocycles. The molecule has 0 radical (unpaired) electrons. The van der Waals surface area contributed by atoms with Gasteiger partial charge in [-0.2, -0.15) is 0 Å². The van der Waals surface area contributed by atoms with Crippen LogP contribution in [0, 0.1) is 17.8 Å². The molecule has 0 saturated heterocycles. The average Bonchev–Trinajstić information content (AvgIpc) is 2.80. The molecule has 1 aromatic carbocycles. The largest absolute Gasteiger partial charge is 0.493 e. The third-order valence-electron chi connectivity index (χ3n) is 4.29. The van der Waals surface area contributed by atoms with E-state index in [0.29, 0.717) is 17.8 Å². The Morgan fingerprint density at radius 1 is 1.15 bits per heavy atom. The van der Waals surface area contributed by atoms with Gasteiger partial charge in [-0.1, -0.05) is 45.9 Å². The zero-order valence-corrected chi connectivity index (χ0v) is 13.4. The van der Waals surface area contributed by atoms with Gasteiger partial charge in [0, 0.05) is 11.5 Å². The maximum absolute atomic E-state index is 5.81. The van der Waals surface area contributed by atoms with Crippen molar-refractivity contribution in [1.82, 2.24) is 5.32 Å². The van der Waals surface area contributed by atoms with Crippen LogP contribution in [0.5, 0.6) is 5.75 Å². The molecule has 0 bridgehead atoms. The Hall–Kier alpha value is -1.02. The molecule has 2 atom stereocenters. The Balaban J connectivity index is 1.92. The molecule has 1 aliphatic rings. The van der Waals surface area contributed by atoms with Gasteiger partial charge in [0.05, 0.1) is 6.61 Å². The summed E-state index contributed by atoms with van der Waals surface area (Å²) in [7, 11) is 0. The second-order valence-electron chi connectivity index (χ2n) is 6.84. The summed E-state index contributed by atoms with van der Waals surface area (Å²) in [5.41, 5.74) is 1.40. The summed E-state index contributed by atoms with van der Waals surface area (Å²) < 4.78 is 5.81. The Morgan fingerprint density at radius 3 is 2.60 bits per heavy atom. The SMILES string of the molecule is CC(C)CNCC(CC1COc2ccccc21)C(C)C. The van der Waals surface area contributed by atoms with Crippen molar-refractivity contribution in [2.75, 3.05) is 19.7 Å². The number of para-hydroxylation sites is 1. The van der Waals surface area contributed by atoms with Crippen LogP contribution in [0.25, 0.3) is 0 Å². The summed E-state index contributed by atoms with van der Waals surface area (Å²) >= 11 is 0. The lowest BCUT2D eigenvalue weighted by atomic mass is 9.84. The molecule has 0 amide bonds. The highest BCUT2D eigenvalue weighted by Crippen LogP contribution is 2.38. The predicted octanol–water partition coefficient (Wildman–Crippen LogP) is 4.07. The molecule has 112 valence electrons. The monoisotopic (exact) mass is 275 g/mol. The summed E-state index contributed by atoms with van der Waals surface area (Å²) in [4.78, 5) is 0. The van der Waals surface area contributed by atoms with E-state index in [1.807, 2.05) is 0 Å². The van der Waals surface area contributed by atoms with Crippen molar-refractivity contribution >= 4 is 0 Å². The van der Waals surface area contributed by atoms with Crippen LogP contribution in [0.2, 0.25) is 0 Å². The third kappa shape index (κ3) is 3.99. The van der Waals surface area contributed by atoms with Gasteiger partial charge in [-0.15, -0.1) is 0 Å². The summed E-state index contributed by atoms with van der Waals surface area (Å²) in [6.45, 7) is 12.3. The first-order chi connectivity index (χ1) is 9.58. The first kappa shape index (κ1) is 15.4. The molecule has 1 heterocycles. The van der Waals surface area contributed by atoms with E-state index in [1.165, 1.54) is 12.0 Å². The van der Waals surface area contributed by atoms with Crippen LogP contribution in [-0.2, 0) is 0 Å². The van der Waals surface area contributed by atoms with Crippen LogP contribution in [-0.4, -0.2) is 19.7 Å². The molecule has 2 heteroatoms. The summed E-state index contributed by atoms with van der Waals surface area (Å²) in [6, 6.07) is 8.51. The fourth-order valence-corrected chi connectivity index (χ4v) is 2.94. The fourth-order valence-electron chi connectivity index (χ4n) is 2.94. The fraction of sp³-hybridized carbons (Fsp3) is 0.667. The lowest BCUT2D eigenvalue weighted by Gasteiger charge is -2.24. The second kappa shape index (κ2) is 7.12. The lowest BCUT2D eigenvalue weighted by Crippen LogP contribution is -2.30. The highest BCUT2D eigenvalue weighted by molar-refractivity contribution is 5.39. The minimum Gasteiger partial charge on any atom is -0.493 e. The van der Waals surface area contributed by atoms with Gasteiger partial charge in [-0.3, -0.25) is 0 Å². The van der Waals surface area contributed by atoms with E-state index in [2.05, 4.69) is 57.3 Å². The molecular formula is C18H29NO. The zero-order chi connectivity index (χ0) is 14.5. The van der Waals surface area contributed by atoms with Crippen molar-refractivity contribution in [2.24, 2.45) is 17.8 Å². The van der Waals surface area contributed by atoms with Gasteiger partial charge in [0.1, 0.15) is 5.75 Å². The van der Waals surface area contributed by atoms with Crippen LogP contribution >= 0.6 is 0 Å². The topological polar surface area (TPSA) is 21.3 Å². The van der Waals surface area contributed by atoms with Gasteiger partial charge >= 0.3 is 0 Å². The van der Waals surface area contributed by atoms with E-state index >= 15 is 0 Å². The number of ether oxygens (including phenoxy) is 1. The van der Waals surface area contributed by atoms with Gasteiger partial charge in [0.2, 0.25) is 0 Å². The highest BCUT2D eigenvalue weighted by Gasteiger charge is 2.27. The molecular weight excluding hydrogens is 246 g/mol. The van der Waals surface area contributed by atoms with Crippen LogP contribution in [0.3, 0.4) is 0 Å². The molecule has 0 saturated carbocycles. The van der Waals surface area contributed by atoms with Crippen LogP contribution in [0.4, 0.5) is 0 Å². The number of hydrogen-bond donors (Lipinski definition) is 1. The van der Waals surface area contributed by atoms with E-state index in [9.17, 15) is 0 Å². The van der Waals surface area contributed by atoms with Crippen LogP contribution in [0.1, 0.15) is 45.6 Å². The van der Waals surface area contributed by atoms with Crippen LogP contribution < -0.4 is 10.1 Å². The zero-order valence-electron chi connectivity index (χ0n) is 13.4. The number of rotatable bonds is 7. The Bertz CT molecular complexity index is 414. The normalized spacial score (nSPS) is 19.2. The molecule has 1 aromatic rings. The number of benzene rings is 1. The van der Waals surface area contributed by atoms with Crippen molar-refractivity contribution in [3.63, 3.8) is 0 Å². The lowest BCUT2D eigenvalue weighted by molar-refractivity contribution is 0.271. The first-order valence-electron chi connectivity index (χ1n) is 8.00. The van der Waals surface area contributed by atoms with Crippen molar-refractivity contribution in [2.45, 2.75) is 40.0 Å². The predicted molar refractivity (Wildman–Crippen MR) is 85.3 cm³/mol. The van der Waals surface area contributed by atoms with Gasteiger partial charge in [0.25, 0.3) is 0 Å². The van der Waals surface area contributed by atoms with E-state index in [4.69, 9.17) is 4.74 Å². The van der Waals surface area contributed by atoms with E-state index < -0.39 is 0 Å². The molecule has 0 aromatic heterocycles. The standard InChI is InChI=1S/C18H29NO/c1-13(2)10-19-11-15(14(3)4)9-16-12-20-18-8-6-5-7-17(16)18/h5-8,13-16,19H,9-12H2,1-4H3. The van der Waals surface area contributed by atoms with E-state index in [0.717, 1.165) is 31.4 Å². The first-order valence-corrected chi connectivity index (χ1v) is 8.00. The molecule has 0 spiro atoms. The second-order valence-corrected chi connectivity index (χ2v) is 6.84. The minimum atomic E-state index is 0.569. The van der Waals surface area contributed by atoms with E-state index in [1.54, 1.807) is 0 Å². The van der Waals surface area contributed by atoms with Gasteiger partial charge in [-0.05, 0) is 43.3 Å². The van der Waals surface area contributed by atoms with Crippen molar-refractivity contribution in [3.8, 4) is 5.75 Å². The molecule has 2 rings (SSSR count). The third-order valence-corrected chi connectivity index (χ3v) is 4.29. The molecule has 1 N–H and O–H groups in total. The van der Waals surface area contributed by atoms with Crippen molar-refractivity contribution in [1.29, 1.82) is 0 Å². The maximum Gasteiger partial charge on any atom is 0.122 e. The Morgan fingerprint density at radius 2 is 1.90 bits per heavy atom. The molecule has 2 nitrogen and oxygen atoms in total. The summed E-state index contributed by atoms with van der Waals surface area (Å²) in [6.07, 6.45) is 1.22. The molecule has 0 aliphatic carbocycles. The minimum absolute atomic E-state index is 0.569. The Labute approximate surface area is 123 Å². The van der Waals surface area contributed by atoms with Crippen LogP contribution in [0.15, 0.2) is 24.3 Å². The molecule has 0 fully saturated rings. The van der Waals surface area contributed by atoms with Crippen molar-refractivity contribution < 1.29 is 4.74 Å². The Kier molecular flexibility index (Phi) is 5.47. The maximum atomic E-state index is 5.81. The number of nitrogens with one attached hydrogen (secondary N) is 1. The summed E-state index contributed by atoms with van der Waals surface area (Å²) in [5.74, 6) is 3.81. The quantitative estimate of drug-likeness (QED) is 0.810. The number of hydrogen-bond acceptors (Lipinski definition) is 2. The highest BCUT2D eigenvalue weighted by atomic mass is 16.5. The smallest absolute Gasteiger partial charge is 0.122 e. The van der Waals surface area contributed by atoms with Gasteiger partial charge < -0.3 is 10.1 Å². The van der Waals surface area contributed by atoms with Gasteiger partial charge in [0.15, 0.2) is 0 Å². The molecule has 2 unspecified atom stereocenters.